The van der Waals surface area contributed by atoms with Crippen molar-refractivity contribution in [2.45, 2.75) is 19.8 Å². The Bertz CT molecular complexity index is 428. The van der Waals surface area contributed by atoms with Gasteiger partial charge in [0.1, 0.15) is 5.75 Å². The second-order valence-corrected chi connectivity index (χ2v) is 4.80. The van der Waals surface area contributed by atoms with Crippen LogP contribution in [-0.2, 0) is 12.8 Å². The number of rotatable bonds is 2. The maximum Gasteiger partial charge on any atom is 0.130 e. The average Bonchev–Trinajstić information content (AvgIpc) is 2.52. The summed E-state index contributed by atoms with van der Waals surface area (Å²) < 4.78 is 5.64. The third-order valence-corrected chi connectivity index (χ3v) is 3.50. The molecule has 0 aliphatic carbocycles. The Labute approximate surface area is 108 Å². The molecule has 0 bridgehead atoms. The van der Waals surface area contributed by atoms with Crippen molar-refractivity contribution in [1.82, 2.24) is 4.90 Å². The molecule has 0 atom stereocenters. The molecule has 0 aromatic heterocycles. The van der Waals surface area contributed by atoms with Crippen molar-refractivity contribution in [3.63, 3.8) is 0 Å². The molecule has 1 aromatic rings. The molecular weight excluding hydrogens is 234 g/mol. The van der Waals surface area contributed by atoms with Gasteiger partial charge in [-0.3, -0.25) is 0 Å². The SMILES string of the molecule is CC=COc1ccc(Cl)c2c1CCN(C)CC2. The van der Waals surface area contributed by atoms with Crippen LogP contribution in [0.5, 0.6) is 5.75 Å². The van der Waals surface area contributed by atoms with Gasteiger partial charge >= 0.3 is 0 Å². The van der Waals surface area contributed by atoms with Crippen LogP contribution in [0, 0.1) is 0 Å². The van der Waals surface area contributed by atoms with E-state index in [1.807, 2.05) is 25.1 Å². The third-order valence-electron chi connectivity index (χ3n) is 3.15. The van der Waals surface area contributed by atoms with Gasteiger partial charge in [-0.25, -0.2) is 0 Å². The van der Waals surface area contributed by atoms with E-state index in [0.717, 1.165) is 36.7 Å². The molecule has 1 aliphatic heterocycles. The number of hydrogen-bond donors (Lipinski definition) is 0. The van der Waals surface area contributed by atoms with Crippen LogP contribution in [-0.4, -0.2) is 25.0 Å². The molecule has 1 aliphatic rings. The number of hydrogen-bond acceptors (Lipinski definition) is 2. The van der Waals surface area contributed by atoms with E-state index >= 15 is 0 Å². The monoisotopic (exact) mass is 251 g/mol. The zero-order valence-corrected chi connectivity index (χ0v) is 11.1. The largest absolute Gasteiger partial charge is 0.465 e. The van der Waals surface area contributed by atoms with Gasteiger partial charge in [-0.05, 0) is 44.5 Å². The number of nitrogens with zero attached hydrogens (tertiary/aromatic N) is 1. The summed E-state index contributed by atoms with van der Waals surface area (Å²) in [6.45, 7) is 4.06. The molecule has 92 valence electrons. The third kappa shape index (κ3) is 2.82. The fraction of sp³-hybridized carbons (Fsp3) is 0.429. The normalized spacial score (nSPS) is 16.9. The Hall–Kier alpha value is -0.990. The Morgan fingerprint density at radius 1 is 1.24 bits per heavy atom. The molecule has 1 aromatic carbocycles. The smallest absolute Gasteiger partial charge is 0.130 e. The van der Waals surface area contributed by atoms with Crippen LogP contribution < -0.4 is 4.74 Å². The summed E-state index contributed by atoms with van der Waals surface area (Å²) in [5, 5.41) is 0.864. The molecule has 0 radical (unpaired) electrons. The number of ether oxygens (including phenoxy) is 1. The van der Waals surface area contributed by atoms with Crippen molar-refractivity contribution in [3.05, 3.63) is 40.6 Å². The molecule has 0 amide bonds. The first-order chi connectivity index (χ1) is 8.22. The fourth-order valence-electron chi connectivity index (χ4n) is 2.16. The van der Waals surface area contributed by atoms with Crippen molar-refractivity contribution in [3.8, 4) is 5.75 Å². The number of allylic oxidation sites excluding steroid dienone is 1. The molecule has 2 nitrogen and oxygen atoms in total. The lowest BCUT2D eigenvalue weighted by Crippen LogP contribution is -2.20. The highest BCUT2D eigenvalue weighted by Crippen LogP contribution is 2.31. The van der Waals surface area contributed by atoms with Crippen LogP contribution in [0.2, 0.25) is 5.02 Å². The van der Waals surface area contributed by atoms with Gasteiger partial charge in [0.05, 0.1) is 6.26 Å². The summed E-state index contributed by atoms with van der Waals surface area (Å²) in [6, 6.07) is 3.90. The van der Waals surface area contributed by atoms with Gasteiger partial charge in [0.15, 0.2) is 0 Å². The van der Waals surface area contributed by atoms with E-state index in [4.69, 9.17) is 16.3 Å². The minimum atomic E-state index is 0.864. The van der Waals surface area contributed by atoms with Crippen molar-refractivity contribution in [2.24, 2.45) is 0 Å². The molecule has 0 saturated heterocycles. The molecule has 0 saturated carbocycles. The van der Waals surface area contributed by atoms with Crippen LogP contribution >= 0.6 is 11.6 Å². The summed E-state index contributed by atoms with van der Waals surface area (Å²) in [4.78, 5) is 2.33. The molecule has 17 heavy (non-hydrogen) atoms. The maximum absolute atomic E-state index is 6.28. The van der Waals surface area contributed by atoms with Gasteiger partial charge in [-0.2, -0.15) is 0 Å². The second kappa shape index (κ2) is 5.56. The standard InChI is InChI=1S/C14H18ClNO/c1-3-10-17-14-5-4-13(15)11-6-8-16(2)9-7-12(11)14/h3-5,10H,6-9H2,1-2H3. The van der Waals surface area contributed by atoms with Crippen LogP contribution in [0.3, 0.4) is 0 Å². The van der Waals surface area contributed by atoms with Gasteiger partial charge in [0, 0.05) is 23.7 Å². The lowest BCUT2D eigenvalue weighted by atomic mass is 10.0. The number of fused-ring (bicyclic) bond motifs is 1. The van der Waals surface area contributed by atoms with Gasteiger partial charge < -0.3 is 9.64 Å². The van der Waals surface area contributed by atoms with Crippen LogP contribution in [0.15, 0.2) is 24.5 Å². The van der Waals surface area contributed by atoms with E-state index in [2.05, 4.69) is 11.9 Å². The molecule has 0 spiro atoms. The van der Waals surface area contributed by atoms with Crippen molar-refractivity contribution < 1.29 is 4.74 Å². The molecule has 3 heteroatoms. The van der Waals surface area contributed by atoms with E-state index in [-0.39, 0.29) is 0 Å². The quantitative estimate of drug-likeness (QED) is 0.748. The molecular formula is C14H18ClNO. The van der Waals surface area contributed by atoms with Crippen molar-refractivity contribution >= 4 is 11.6 Å². The summed E-state index contributed by atoms with van der Waals surface area (Å²) in [7, 11) is 2.15. The second-order valence-electron chi connectivity index (χ2n) is 4.39. The Kier molecular flexibility index (Phi) is 4.08. The molecule has 2 rings (SSSR count). The fourth-order valence-corrected chi connectivity index (χ4v) is 2.43. The van der Waals surface area contributed by atoms with E-state index < -0.39 is 0 Å². The summed E-state index contributed by atoms with van der Waals surface area (Å²) in [6.07, 6.45) is 5.61. The first-order valence-electron chi connectivity index (χ1n) is 5.99. The summed E-state index contributed by atoms with van der Waals surface area (Å²) >= 11 is 6.28. The van der Waals surface area contributed by atoms with E-state index in [0.29, 0.717) is 0 Å². The molecule has 1 heterocycles. The molecule has 0 unspecified atom stereocenters. The molecule has 0 fully saturated rings. The van der Waals surface area contributed by atoms with Gasteiger partial charge in [0.2, 0.25) is 0 Å². The Morgan fingerprint density at radius 2 is 1.94 bits per heavy atom. The lowest BCUT2D eigenvalue weighted by Gasteiger charge is -2.12. The number of likely N-dealkylation sites (N-methyl/N-ethyl adjacent to an activating group) is 1. The molecule has 0 N–H and O–H groups in total. The Balaban J connectivity index is 2.37. The first kappa shape index (κ1) is 12.5. The highest BCUT2D eigenvalue weighted by atomic mass is 35.5. The van der Waals surface area contributed by atoms with Crippen molar-refractivity contribution in [1.29, 1.82) is 0 Å². The van der Waals surface area contributed by atoms with Gasteiger partial charge in [-0.1, -0.05) is 17.7 Å². The van der Waals surface area contributed by atoms with Gasteiger partial charge in [-0.15, -0.1) is 0 Å². The Morgan fingerprint density at radius 3 is 2.65 bits per heavy atom. The topological polar surface area (TPSA) is 12.5 Å². The van der Waals surface area contributed by atoms with E-state index in [9.17, 15) is 0 Å². The van der Waals surface area contributed by atoms with Gasteiger partial charge in [0.25, 0.3) is 0 Å². The number of halogens is 1. The lowest BCUT2D eigenvalue weighted by molar-refractivity contribution is 0.351. The highest BCUT2D eigenvalue weighted by molar-refractivity contribution is 6.31. The zero-order valence-electron chi connectivity index (χ0n) is 10.4. The minimum absolute atomic E-state index is 0.864. The predicted molar refractivity (Wildman–Crippen MR) is 71.8 cm³/mol. The van der Waals surface area contributed by atoms with Crippen LogP contribution in [0.25, 0.3) is 0 Å². The first-order valence-corrected chi connectivity index (χ1v) is 6.36. The van der Waals surface area contributed by atoms with E-state index in [1.165, 1.54) is 11.1 Å². The minimum Gasteiger partial charge on any atom is -0.465 e. The van der Waals surface area contributed by atoms with E-state index in [1.54, 1.807) is 6.26 Å². The van der Waals surface area contributed by atoms with Crippen LogP contribution in [0.4, 0.5) is 0 Å². The average molecular weight is 252 g/mol. The maximum atomic E-state index is 6.28. The van der Waals surface area contributed by atoms with Crippen molar-refractivity contribution in [2.75, 3.05) is 20.1 Å². The van der Waals surface area contributed by atoms with Crippen LogP contribution in [0.1, 0.15) is 18.1 Å². The summed E-state index contributed by atoms with van der Waals surface area (Å²) in [5.41, 5.74) is 2.51. The predicted octanol–water partition coefficient (Wildman–Crippen LogP) is 3.28. The number of benzene rings is 1. The highest BCUT2D eigenvalue weighted by Gasteiger charge is 2.17. The summed E-state index contributed by atoms with van der Waals surface area (Å²) in [5.74, 6) is 0.942. The zero-order chi connectivity index (χ0) is 12.3.